The van der Waals surface area contributed by atoms with E-state index in [4.69, 9.17) is 9.29 Å². The molecule has 17 heavy (non-hydrogen) atoms. The maximum atomic E-state index is 11.2. The van der Waals surface area contributed by atoms with E-state index in [1.807, 2.05) is 0 Å². The topological polar surface area (TPSA) is 92.7 Å². The Morgan fingerprint density at radius 1 is 1.35 bits per heavy atom. The number of nitrogens with one attached hydrogen (secondary N) is 1. The van der Waals surface area contributed by atoms with Crippen molar-refractivity contribution in [3.63, 3.8) is 0 Å². The van der Waals surface area contributed by atoms with Gasteiger partial charge in [-0.3, -0.25) is 9.35 Å². The van der Waals surface area contributed by atoms with Crippen LogP contribution in [0.4, 0.5) is 5.69 Å². The molecule has 0 saturated carbocycles. The standard InChI is InChI=1S/C10H13NO5S/c1-2-16-7-10(12)11-8-3-5-9(6-4-8)17(13,14)15/h3-6H,2,7H2,1H3,(H,11,12)(H,13,14,15). The van der Waals surface area contributed by atoms with Gasteiger partial charge in [0.05, 0.1) is 4.90 Å². The molecule has 1 amide bonds. The SMILES string of the molecule is CCOCC(=O)Nc1ccc(S(=O)(=O)O)cc1. The Morgan fingerprint density at radius 2 is 1.94 bits per heavy atom. The van der Waals surface area contributed by atoms with Gasteiger partial charge in [0.1, 0.15) is 6.61 Å². The second kappa shape index (κ2) is 5.76. The molecule has 0 spiro atoms. The van der Waals surface area contributed by atoms with Gasteiger partial charge < -0.3 is 10.1 Å². The van der Waals surface area contributed by atoms with Crippen molar-refractivity contribution < 1.29 is 22.5 Å². The van der Waals surface area contributed by atoms with E-state index in [1.54, 1.807) is 6.92 Å². The molecule has 1 aromatic carbocycles. The third-order valence-corrected chi connectivity index (χ3v) is 2.74. The number of hydrogen-bond acceptors (Lipinski definition) is 4. The molecule has 2 N–H and O–H groups in total. The highest BCUT2D eigenvalue weighted by atomic mass is 32.2. The summed E-state index contributed by atoms with van der Waals surface area (Å²) in [7, 11) is -4.20. The number of benzene rings is 1. The number of rotatable bonds is 5. The van der Waals surface area contributed by atoms with E-state index in [0.29, 0.717) is 12.3 Å². The lowest BCUT2D eigenvalue weighted by molar-refractivity contribution is -0.120. The normalized spacial score (nSPS) is 11.2. The highest BCUT2D eigenvalue weighted by Gasteiger charge is 2.09. The predicted octanol–water partition coefficient (Wildman–Crippen LogP) is 0.908. The molecular formula is C10H13NO5S. The van der Waals surface area contributed by atoms with Crippen LogP contribution < -0.4 is 5.32 Å². The van der Waals surface area contributed by atoms with E-state index < -0.39 is 10.1 Å². The van der Waals surface area contributed by atoms with Gasteiger partial charge in [-0.2, -0.15) is 8.42 Å². The first-order valence-electron chi connectivity index (χ1n) is 4.88. The zero-order valence-electron chi connectivity index (χ0n) is 9.21. The van der Waals surface area contributed by atoms with E-state index in [-0.39, 0.29) is 17.4 Å². The summed E-state index contributed by atoms with van der Waals surface area (Å²) in [6, 6.07) is 5.16. The van der Waals surface area contributed by atoms with Gasteiger partial charge in [-0.15, -0.1) is 0 Å². The van der Waals surface area contributed by atoms with Gasteiger partial charge in [-0.05, 0) is 31.2 Å². The Balaban J connectivity index is 2.66. The van der Waals surface area contributed by atoms with E-state index in [1.165, 1.54) is 24.3 Å². The summed E-state index contributed by atoms with van der Waals surface area (Å²) >= 11 is 0. The lowest BCUT2D eigenvalue weighted by Gasteiger charge is -2.05. The van der Waals surface area contributed by atoms with E-state index in [0.717, 1.165) is 0 Å². The molecule has 0 aliphatic rings. The van der Waals surface area contributed by atoms with Crippen LogP contribution in [-0.2, 0) is 19.6 Å². The summed E-state index contributed by atoms with van der Waals surface area (Å²) < 4.78 is 35.2. The molecule has 0 atom stereocenters. The molecule has 94 valence electrons. The van der Waals surface area contributed by atoms with E-state index in [9.17, 15) is 13.2 Å². The summed E-state index contributed by atoms with van der Waals surface area (Å²) in [6.07, 6.45) is 0. The quantitative estimate of drug-likeness (QED) is 0.767. The van der Waals surface area contributed by atoms with Crippen LogP contribution in [0.2, 0.25) is 0 Å². The fourth-order valence-corrected chi connectivity index (χ4v) is 1.58. The molecule has 0 unspecified atom stereocenters. The third-order valence-electron chi connectivity index (χ3n) is 1.87. The first-order chi connectivity index (χ1) is 7.93. The molecule has 0 radical (unpaired) electrons. The van der Waals surface area contributed by atoms with Crippen LogP contribution in [0.15, 0.2) is 29.2 Å². The van der Waals surface area contributed by atoms with Gasteiger partial charge in [0.15, 0.2) is 0 Å². The molecule has 0 aliphatic carbocycles. The molecule has 1 aromatic rings. The van der Waals surface area contributed by atoms with E-state index in [2.05, 4.69) is 5.32 Å². The van der Waals surface area contributed by atoms with Crippen LogP contribution in [0, 0.1) is 0 Å². The number of ether oxygens (including phenoxy) is 1. The smallest absolute Gasteiger partial charge is 0.294 e. The molecule has 0 bridgehead atoms. The van der Waals surface area contributed by atoms with Crippen molar-refractivity contribution in [2.45, 2.75) is 11.8 Å². The predicted molar refractivity (Wildman–Crippen MR) is 61.4 cm³/mol. The average Bonchev–Trinajstić information content (AvgIpc) is 2.26. The average molecular weight is 259 g/mol. The van der Waals surface area contributed by atoms with Crippen LogP contribution in [-0.4, -0.2) is 32.1 Å². The van der Waals surface area contributed by atoms with Crippen molar-refractivity contribution in [1.29, 1.82) is 0 Å². The second-order valence-corrected chi connectivity index (χ2v) is 4.61. The zero-order chi connectivity index (χ0) is 12.9. The fourth-order valence-electron chi connectivity index (χ4n) is 1.10. The molecule has 0 fully saturated rings. The summed E-state index contributed by atoms with van der Waals surface area (Å²) in [4.78, 5) is 11.0. The summed E-state index contributed by atoms with van der Waals surface area (Å²) in [6.45, 7) is 2.15. The third kappa shape index (κ3) is 4.51. The van der Waals surface area contributed by atoms with Gasteiger partial charge in [0, 0.05) is 12.3 Å². The Kier molecular flexibility index (Phi) is 4.62. The van der Waals surface area contributed by atoms with Crippen molar-refractivity contribution in [2.24, 2.45) is 0 Å². The second-order valence-electron chi connectivity index (χ2n) is 3.18. The molecule has 1 rings (SSSR count). The van der Waals surface area contributed by atoms with Crippen LogP contribution in [0.3, 0.4) is 0 Å². The largest absolute Gasteiger partial charge is 0.372 e. The van der Waals surface area contributed by atoms with E-state index >= 15 is 0 Å². The number of hydrogen-bond donors (Lipinski definition) is 2. The number of carbonyl (C=O) groups excluding carboxylic acids is 1. The molecule has 0 aliphatic heterocycles. The summed E-state index contributed by atoms with van der Waals surface area (Å²) in [5.41, 5.74) is 0.433. The summed E-state index contributed by atoms with van der Waals surface area (Å²) in [5, 5.41) is 2.51. The lowest BCUT2D eigenvalue weighted by Crippen LogP contribution is -2.18. The van der Waals surface area contributed by atoms with Crippen LogP contribution >= 0.6 is 0 Å². The number of carbonyl (C=O) groups is 1. The van der Waals surface area contributed by atoms with Crippen molar-refractivity contribution in [1.82, 2.24) is 0 Å². The molecule has 0 saturated heterocycles. The Morgan fingerprint density at radius 3 is 2.41 bits per heavy atom. The minimum absolute atomic E-state index is 0.0590. The van der Waals surface area contributed by atoms with Gasteiger partial charge in [0.25, 0.3) is 10.1 Å². The summed E-state index contributed by atoms with van der Waals surface area (Å²) in [5.74, 6) is -0.327. The first-order valence-corrected chi connectivity index (χ1v) is 6.32. The minimum Gasteiger partial charge on any atom is -0.372 e. The molecular weight excluding hydrogens is 246 g/mol. The highest BCUT2D eigenvalue weighted by molar-refractivity contribution is 7.85. The van der Waals surface area contributed by atoms with Gasteiger partial charge in [-0.1, -0.05) is 0 Å². The molecule has 0 aromatic heterocycles. The van der Waals surface area contributed by atoms with Crippen molar-refractivity contribution in [3.05, 3.63) is 24.3 Å². The maximum absolute atomic E-state index is 11.2. The molecule has 7 heteroatoms. The maximum Gasteiger partial charge on any atom is 0.294 e. The van der Waals surface area contributed by atoms with Crippen LogP contribution in [0.25, 0.3) is 0 Å². The van der Waals surface area contributed by atoms with Gasteiger partial charge in [0.2, 0.25) is 5.91 Å². The minimum atomic E-state index is -4.20. The Bertz CT molecular complexity index is 480. The fraction of sp³-hybridized carbons (Fsp3) is 0.300. The Labute approximate surface area is 99.3 Å². The van der Waals surface area contributed by atoms with Crippen LogP contribution in [0.1, 0.15) is 6.92 Å². The lowest BCUT2D eigenvalue weighted by atomic mass is 10.3. The van der Waals surface area contributed by atoms with Crippen molar-refractivity contribution in [2.75, 3.05) is 18.5 Å². The van der Waals surface area contributed by atoms with Gasteiger partial charge in [-0.25, -0.2) is 0 Å². The highest BCUT2D eigenvalue weighted by Crippen LogP contribution is 2.13. The first kappa shape index (κ1) is 13.6. The number of amides is 1. The van der Waals surface area contributed by atoms with Crippen molar-refractivity contribution in [3.8, 4) is 0 Å². The van der Waals surface area contributed by atoms with Gasteiger partial charge >= 0.3 is 0 Å². The van der Waals surface area contributed by atoms with Crippen molar-refractivity contribution >= 4 is 21.7 Å². The molecule has 0 heterocycles. The van der Waals surface area contributed by atoms with Crippen LogP contribution in [0.5, 0.6) is 0 Å². The zero-order valence-corrected chi connectivity index (χ0v) is 10.0. The monoisotopic (exact) mass is 259 g/mol. The number of anilines is 1. The Hall–Kier alpha value is -1.44. The molecule has 6 nitrogen and oxygen atoms in total.